The zero-order chi connectivity index (χ0) is 20.9. The molecule has 1 aromatic carbocycles. The van der Waals surface area contributed by atoms with E-state index in [2.05, 4.69) is 10.3 Å². The molecule has 1 aromatic heterocycles. The molecule has 8 heteroatoms. The number of amides is 1. The van der Waals surface area contributed by atoms with Crippen LogP contribution in [-0.2, 0) is 9.53 Å². The van der Waals surface area contributed by atoms with Crippen LogP contribution in [0.1, 0.15) is 18.4 Å². The van der Waals surface area contributed by atoms with Gasteiger partial charge in [-0.25, -0.2) is 0 Å². The minimum absolute atomic E-state index is 0.0382. The molecule has 2 fully saturated rings. The second-order valence-corrected chi connectivity index (χ2v) is 8.04. The number of piperidine rings is 1. The Morgan fingerprint density at radius 2 is 1.77 bits per heavy atom. The van der Waals surface area contributed by atoms with E-state index in [4.69, 9.17) is 21.7 Å². The predicted octanol–water partition coefficient (Wildman–Crippen LogP) is 3.37. The molecule has 0 radical (unpaired) electrons. The molecule has 2 N–H and O–H groups in total. The maximum Gasteiger partial charge on any atom is 0.225 e. The molecule has 0 spiro atoms. The number of morpholine rings is 1. The molecule has 2 saturated heterocycles. The quantitative estimate of drug-likeness (QED) is 0.577. The summed E-state index contributed by atoms with van der Waals surface area (Å²) in [6.45, 7) is 4.02. The van der Waals surface area contributed by atoms with Gasteiger partial charge in [-0.2, -0.15) is 0 Å². The molecule has 4 rings (SSSR count). The summed E-state index contributed by atoms with van der Waals surface area (Å²) in [7, 11) is 0. The van der Waals surface area contributed by atoms with Gasteiger partial charge in [-0.15, -0.1) is 0 Å². The van der Waals surface area contributed by atoms with E-state index in [1.54, 1.807) is 12.4 Å². The van der Waals surface area contributed by atoms with Gasteiger partial charge in [0.25, 0.3) is 0 Å². The van der Waals surface area contributed by atoms with Gasteiger partial charge in [-0.1, -0.05) is 11.6 Å². The lowest BCUT2D eigenvalue weighted by Gasteiger charge is -2.36. The smallest absolute Gasteiger partial charge is 0.225 e. The highest BCUT2D eigenvalue weighted by Gasteiger charge is 2.30. The highest BCUT2D eigenvalue weighted by atomic mass is 35.5. The van der Waals surface area contributed by atoms with Crippen LogP contribution in [0.25, 0.3) is 0 Å². The van der Waals surface area contributed by atoms with Crippen molar-refractivity contribution in [2.45, 2.75) is 12.8 Å². The van der Waals surface area contributed by atoms with Crippen LogP contribution >= 0.6 is 11.6 Å². The second-order valence-electron chi connectivity index (χ2n) is 7.60. The first-order chi connectivity index (χ1) is 14.6. The van der Waals surface area contributed by atoms with Crippen LogP contribution < -0.4 is 5.32 Å². The summed E-state index contributed by atoms with van der Waals surface area (Å²) in [4.78, 5) is 20.9. The number of pyridine rings is 1. The molecule has 0 aliphatic carbocycles. The zero-order valence-electron chi connectivity index (χ0n) is 16.8. The van der Waals surface area contributed by atoms with Crippen molar-refractivity contribution in [2.75, 3.05) is 44.7 Å². The number of benzene rings is 1. The van der Waals surface area contributed by atoms with Gasteiger partial charge in [0, 0.05) is 54.6 Å². The number of anilines is 2. The first kappa shape index (κ1) is 20.6. The first-order valence-corrected chi connectivity index (χ1v) is 10.7. The fourth-order valence-corrected chi connectivity index (χ4v) is 4.08. The molecule has 0 bridgehead atoms. The number of aromatic nitrogens is 1. The number of carbonyl (C=O) groups is 1. The normalized spacial score (nSPS) is 17.6. The zero-order valence-corrected chi connectivity index (χ0v) is 17.6. The Labute approximate surface area is 181 Å². The highest BCUT2D eigenvalue weighted by molar-refractivity contribution is 6.30. The Bertz CT molecular complexity index is 891. The summed E-state index contributed by atoms with van der Waals surface area (Å²) in [6, 6.07) is 9.28. The molecular formula is C22H26ClN5O2. The van der Waals surface area contributed by atoms with E-state index in [0.717, 1.165) is 29.8 Å². The number of halogens is 1. The topological polar surface area (TPSA) is 81.6 Å². The fraction of sp³-hybridized carbons (Fsp3) is 0.409. The summed E-state index contributed by atoms with van der Waals surface area (Å²) >= 11 is 5.97. The van der Waals surface area contributed by atoms with Gasteiger partial charge in [0.1, 0.15) is 5.84 Å². The molecule has 2 aliphatic heterocycles. The van der Waals surface area contributed by atoms with Gasteiger partial charge in [-0.05, 0) is 43.2 Å². The van der Waals surface area contributed by atoms with Crippen LogP contribution in [0.5, 0.6) is 0 Å². The number of rotatable bonds is 4. The fourth-order valence-electron chi connectivity index (χ4n) is 3.95. The van der Waals surface area contributed by atoms with Gasteiger partial charge < -0.3 is 19.9 Å². The predicted molar refractivity (Wildman–Crippen MR) is 117 cm³/mol. The van der Waals surface area contributed by atoms with Crippen molar-refractivity contribution in [3.8, 4) is 0 Å². The summed E-state index contributed by atoms with van der Waals surface area (Å²) in [6.07, 6.45) is 4.96. The van der Waals surface area contributed by atoms with Crippen molar-refractivity contribution in [3.05, 3.63) is 53.3 Å². The molecule has 30 heavy (non-hydrogen) atoms. The Morgan fingerprint density at radius 1 is 1.07 bits per heavy atom. The second kappa shape index (κ2) is 9.45. The maximum absolute atomic E-state index is 12.8. The molecule has 2 aliphatic rings. The van der Waals surface area contributed by atoms with Gasteiger partial charge >= 0.3 is 0 Å². The Morgan fingerprint density at radius 3 is 2.47 bits per heavy atom. The average Bonchev–Trinajstić information content (AvgIpc) is 2.81. The lowest BCUT2D eigenvalue weighted by Crippen LogP contribution is -2.47. The Kier molecular flexibility index (Phi) is 6.50. The van der Waals surface area contributed by atoms with E-state index < -0.39 is 0 Å². The van der Waals surface area contributed by atoms with Gasteiger partial charge in [-0.3, -0.25) is 15.2 Å². The summed E-state index contributed by atoms with van der Waals surface area (Å²) < 4.78 is 5.35. The van der Waals surface area contributed by atoms with Crippen molar-refractivity contribution in [2.24, 2.45) is 5.92 Å². The van der Waals surface area contributed by atoms with Crippen molar-refractivity contribution in [1.82, 2.24) is 14.8 Å². The van der Waals surface area contributed by atoms with Gasteiger partial charge in [0.05, 0.1) is 25.1 Å². The first-order valence-electron chi connectivity index (χ1n) is 10.3. The monoisotopic (exact) mass is 427 g/mol. The van der Waals surface area contributed by atoms with E-state index in [1.807, 2.05) is 40.1 Å². The molecule has 0 unspecified atom stereocenters. The number of nitrogens with zero attached hydrogens (tertiary/aromatic N) is 3. The minimum atomic E-state index is 0.0382. The standard InChI is InChI=1S/C22H26ClN5O2/c23-17-1-3-18(4-2-17)26-20-15-25-8-5-19(20)21(24)27-9-6-16(7-10-27)22(29)28-11-13-30-14-12-28/h1-5,8,15-16,24,26H,6-7,9-14H2. The van der Waals surface area contributed by atoms with Gasteiger partial charge in [0.15, 0.2) is 0 Å². The molecule has 2 aromatic rings. The summed E-state index contributed by atoms with van der Waals surface area (Å²) in [5.74, 6) is 0.723. The lowest BCUT2D eigenvalue weighted by molar-refractivity contribution is -0.140. The summed E-state index contributed by atoms with van der Waals surface area (Å²) in [5, 5.41) is 12.8. The lowest BCUT2D eigenvalue weighted by atomic mass is 9.94. The number of hydrogen-bond donors (Lipinski definition) is 2. The highest BCUT2D eigenvalue weighted by Crippen LogP contribution is 2.26. The summed E-state index contributed by atoms with van der Waals surface area (Å²) in [5.41, 5.74) is 2.45. The molecule has 7 nitrogen and oxygen atoms in total. The van der Waals surface area contributed by atoms with Crippen LogP contribution in [0.3, 0.4) is 0 Å². The Balaban J connectivity index is 1.39. The van der Waals surface area contributed by atoms with Crippen LogP contribution in [0, 0.1) is 11.3 Å². The molecule has 158 valence electrons. The van der Waals surface area contributed by atoms with Gasteiger partial charge in [0.2, 0.25) is 5.91 Å². The van der Waals surface area contributed by atoms with Crippen LogP contribution in [-0.4, -0.2) is 65.9 Å². The average molecular weight is 428 g/mol. The SMILES string of the molecule is N=C(c1ccncc1Nc1ccc(Cl)cc1)N1CCC(C(=O)N2CCOCC2)CC1. The van der Waals surface area contributed by atoms with E-state index in [0.29, 0.717) is 50.3 Å². The molecule has 3 heterocycles. The number of hydrogen-bond acceptors (Lipinski definition) is 5. The number of carbonyl (C=O) groups excluding carboxylic acids is 1. The molecule has 0 atom stereocenters. The molecular weight excluding hydrogens is 402 g/mol. The Hall–Kier alpha value is -2.64. The molecule has 1 amide bonds. The van der Waals surface area contributed by atoms with Crippen molar-refractivity contribution in [1.29, 1.82) is 5.41 Å². The number of amidine groups is 1. The largest absolute Gasteiger partial charge is 0.378 e. The van der Waals surface area contributed by atoms with Crippen LogP contribution in [0.2, 0.25) is 5.02 Å². The van der Waals surface area contributed by atoms with Crippen molar-refractivity contribution < 1.29 is 9.53 Å². The van der Waals surface area contributed by atoms with E-state index in [1.165, 1.54) is 0 Å². The van der Waals surface area contributed by atoms with E-state index in [9.17, 15) is 4.79 Å². The van der Waals surface area contributed by atoms with Crippen molar-refractivity contribution in [3.63, 3.8) is 0 Å². The molecule has 0 saturated carbocycles. The number of likely N-dealkylation sites (tertiary alicyclic amines) is 1. The van der Waals surface area contributed by atoms with E-state index in [-0.39, 0.29) is 11.8 Å². The number of ether oxygens (including phenoxy) is 1. The van der Waals surface area contributed by atoms with Crippen LogP contribution in [0.15, 0.2) is 42.7 Å². The third kappa shape index (κ3) is 4.74. The maximum atomic E-state index is 12.8. The van der Waals surface area contributed by atoms with E-state index >= 15 is 0 Å². The minimum Gasteiger partial charge on any atom is -0.378 e. The number of nitrogens with one attached hydrogen (secondary N) is 2. The van der Waals surface area contributed by atoms with Crippen molar-refractivity contribution >= 4 is 34.7 Å². The van der Waals surface area contributed by atoms with Crippen LogP contribution in [0.4, 0.5) is 11.4 Å². The third-order valence-corrected chi connectivity index (χ3v) is 5.93. The third-order valence-electron chi connectivity index (χ3n) is 5.68.